The molecule has 0 aliphatic rings. The van der Waals surface area contributed by atoms with E-state index in [2.05, 4.69) is 19.2 Å². The van der Waals surface area contributed by atoms with E-state index >= 15 is 0 Å². The fourth-order valence-corrected chi connectivity index (χ4v) is 1.20. The van der Waals surface area contributed by atoms with Crippen LogP contribution in [0.1, 0.15) is 19.4 Å². The molecule has 0 saturated carbocycles. The molecule has 0 bridgehead atoms. The molecule has 0 spiro atoms. The Hall–Kier alpha value is -1.09. The van der Waals surface area contributed by atoms with Crippen LogP contribution < -0.4 is 11.1 Å². The van der Waals surface area contributed by atoms with Crippen LogP contribution in [0, 0.1) is 0 Å². The van der Waals surface area contributed by atoms with Crippen molar-refractivity contribution in [2.24, 2.45) is 5.73 Å². The van der Waals surface area contributed by atoms with Gasteiger partial charge in [0.2, 0.25) is 0 Å². The molecule has 0 amide bonds. The third-order valence-corrected chi connectivity index (χ3v) is 1.86. The second-order valence-corrected chi connectivity index (χ2v) is 3.68. The largest absolute Gasteiger partial charge is 0.389 e. The van der Waals surface area contributed by atoms with E-state index in [0.717, 1.165) is 11.3 Å². The highest BCUT2D eigenvalue weighted by atomic mass is 32.1. The first kappa shape index (κ1) is 9.99. The maximum atomic E-state index is 5.48. The third-order valence-electron chi connectivity index (χ3n) is 1.62. The fourth-order valence-electron chi connectivity index (χ4n) is 1.06. The first-order valence-electron chi connectivity index (χ1n) is 4.26. The van der Waals surface area contributed by atoms with E-state index in [9.17, 15) is 0 Å². The van der Waals surface area contributed by atoms with E-state index in [1.807, 2.05) is 24.3 Å². The summed E-state index contributed by atoms with van der Waals surface area (Å²) in [5.74, 6) is 0. The van der Waals surface area contributed by atoms with Crippen molar-refractivity contribution in [2.75, 3.05) is 5.32 Å². The summed E-state index contributed by atoms with van der Waals surface area (Å²) in [6.45, 7) is 4.20. The quantitative estimate of drug-likeness (QED) is 0.724. The fraction of sp³-hybridized carbons (Fsp3) is 0.300. The third kappa shape index (κ3) is 3.03. The number of thiocarbonyl (C=S) groups is 1. The zero-order chi connectivity index (χ0) is 9.84. The van der Waals surface area contributed by atoms with Crippen molar-refractivity contribution >= 4 is 22.9 Å². The number of anilines is 1. The lowest BCUT2D eigenvalue weighted by Crippen LogP contribution is -2.11. The van der Waals surface area contributed by atoms with Gasteiger partial charge in [-0.2, -0.15) is 0 Å². The van der Waals surface area contributed by atoms with Gasteiger partial charge in [-0.15, -0.1) is 0 Å². The maximum Gasteiger partial charge on any atom is 0.103 e. The van der Waals surface area contributed by atoms with Crippen LogP contribution in [-0.4, -0.2) is 11.0 Å². The van der Waals surface area contributed by atoms with Crippen LogP contribution in [0.4, 0.5) is 5.69 Å². The highest BCUT2D eigenvalue weighted by molar-refractivity contribution is 7.80. The molecule has 70 valence electrons. The lowest BCUT2D eigenvalue weighted by atomic mass is 10.2. The smallest absolute Gasteiger partial charge is 0.103 e. The molecule has 1 aromatic rings. The van der Waals surface area contributed by atoms with Crippen molar-refractivity contribution in [1.82, 2.24) is 0 Å². The summed E-state index contributed by atoms with van der Waals surface area (Å²) in [5, 5.41) is 3.29. The molecule has 2 nitrogen and oxygen atoms in total. The Morgan fingerprint density at radius 1 is 1.31 bits per heavy atom. The van der Waals surface area contributed by atoms with E-state index in [1.165, 1.54) is 0 Å². The average molecular weight is 194 g/mol. The van der Waals surface area contributed by atoms with Gasteiger partial charge in [0.05, 0.1) is 0 Å². The Morgan fingerprint density at radius 3 is 2.23 bits per heavy atom. The van der Waals surface area contributed by atoms with Gasteiger partial charge in [-0.25, -0.2) is 0 Å². The first-order chi connectivity index (χ1) is 6.09. The zero-order valence-corrected chi connectivity index (χ0v) is 8.69. The number of rotatable bonds is 3. The van der Waals surface area contributed by atoms with Crippen molar-refractivity contribution in [3.63, 3.8) is 0 Å². The van der Waals surface area contributed by atoms with Gasteiger partial charge >= 0.3 is 0 Å². The zero-order valence-electron chi connectivity index (χ0n) is 7.87. The molecule has 1 aromatic carbocycles. The topological polar surface area (TPSA) is 38.0 Å². The normalized spacial score (nSPS) is 10.1. The lowest BCUT2D eigenvalue weighted by molar-refractivity contribution is 0.900. The molecule has 0 atom stereocenters. The summed E-state index contributed by atoms with van der Waals surface area (Å²) in [6, 6.07) is 8.25. The Morgan fingerprint density at radius 2 is 1.85 bits per heavy atom. The van der Waals surface area contributed by atoms with E-state index in [0.29, 0.717) is 11.0 Å². The summed E-state index contributed by atoms with van der Waals surface area (Å²) in [4.78, 5) is 0.441. The number of nitrogens with two attached hydrogens (primary N) is 1. The monoisotopic (exact) mass is 194 g/mol. The van der Waals surface area contributed by atoms with Crippen molar-refractivity contribution in [3.05, 3.63) is 29.8 Å². The standard InChI is InChI=1S/C10H14N2S/c1-7(2)12-9-5-3-8(4-6-9)10(11)13/h3-7,12H,1-2H3,(H2,11,13). The highest BCUT2D eigenvalue weighted by Crippen LogP contribution is 2.10. The van der Waals surface area contributed by atoms with Gasteiger partial charge in [-0.3, -0.25) is 0 Å². The summed E-state index contributed by atoms with van der Waals surface area (Å²) < 4.78 is 0. The predicted octanol–water partition coefficient (Wildman–Crippen LogP) is 2.14. The van der Waals surface area contributed by atoms with E-state index in [1.54, 1.807) is 0 Å². The molecule has 0 fully saturated rings. The van der Waals surface area contributed by atoms with Crippen molar-refractivity contribution in [1.29, 1.82) is 0 Å². The van der Waals surface area contributed by atoms with Crippen molar-refractivity contribution in [3.8, 4) is 0 Å². The van der Waals surface area contributed by atoms with Gasteiger partial charge in [0.1, 0.15) is 4.99 Å². The molecule has 0 aliphatic carbocycles. The molecule has 0 radical (unpaired) electrons. The summed E-state index contributed by atoms with van der Waals surface area (Å²) in [6.07, 6.45) is 0. The number of nitrogens with one attached hydrogen (secondary N) is 1. The average Bonchev–Trinajstić information content (AvgIpc) is 2.04. The summed E-state index contributed by atoms with van der Waals surface area (Å²) in [7, 11) is 0. The molecular weight excluding hydrogens is 180 g/mol. The Labute approximate surface area is 84.1 Å². The molecular formula is C10H14N2S. The highest BCUT2D eigenvalue weighted by Gasteiger charge is 1.97. The van der Waals surface area contributed by atoms with Crippen molar-refractivity contribution < 1.29 is 0 Å². The molecule has 0 heterocycles. The van der Waals surface area contributed by atoms with E-state index < -0.39 is 0 Å². The lowest BCUT2D eigenvalue weighted by Gasteiger charge is -2.09. The Bertz CT molecular complexity index is 290. The van der Waals surface area contributed by atoms with Crippen LogP contribution in [0.5, 0.6) is 0 Å². The van der Waals surface area contributed by atoms with Gasteiger partial charge in [0.25, 0.3) is 0 Å². The van der Waals surface area contributed by atoms with E-state index in [-0.39, 0.29) is 0 Å². The molecule has 3 N–H and O–H groups in total. The van der Waals surface area contributed by atoms with Gasteiger partial charge in [-0.05, 0) is 38.1 Å². The molecule has 0 saturated heterocycles. The second kappa shape index (κ2) is 4.23. The number of hydrogen-bond donors (Lipinski definition) is 2. The number of hydrogen-bond acceptors (Lipinski definition) is 2. The maximum absolute atomic E-state index is 5.48. The van der Waals surface area contributed by atoms with Gasteiger partial charge in [0.15, 0.2) is 0 Å². The van der Waals surface area contributed by atoms with Crippen LogP contribution in [0.2, 0.25) is 0 Å². The predicted molar refractivity (Wildman–Crippen MR) is 61.1 cm³/mol. The molecule has 13 heavy (non-hydrogen) atoms. The van der Waals surface area contributed by atoms with Gasteiger partial charge < -0.3 is 11.1 Å². The van der Waals surface area contributed by atoms with Gasteiger partial charge in [-0.1, -0.05) is 12.2 Å². The molecule has 0 unspecified atom stereocenters. The first-order valence-corrected chi connectivity index (χ1v) is 4.67. The number of benzene rings is 1. The minimum absolute atomic E-state index is 0.440. The Kier molecular flexibility index (Phi) is 3.25. The Balaban J connectivity index is 2.75. The van der Waals surface area contributed by atoms with E-state index in [4.69, 9.17) is 18.0 Å². The van der Waals surface area contributed by atoms with Crippen LogP contribution in [0.3, 0.4) is 0 Å². The van der Waals surface area contributed by atoms with Crippen LogP contribution in [0.25, 0.3) is 0 Å². The summed E-state index contributed by atoms with van der Waals surface area (Å²) in [5.41, 5.74) is 7.48. The molecule has 1 rings (SSSR count). The van der Waals surface area contributed by atoms with Crippen LogP contribution in [0.15, 0.2) is 24.3 Å². The molecule has 0 aliphatic heterocycles. The van der Waals surface area contributed by atoms with Crippen molar-refractivity contribution in [2.45, 2.75) is 19.9 Å². The molecule has 3 heteroatoms. The molecule has 0 aromatic heterocycles. The van der Waals surface area contributed by atoms with Crippen LogP contribution in [-0.2, 0) is 0 Å². The minimum Gasteiger partial charge on any atom is -0.389 e. The second-order valence-electron chi connectivity index (χ2n) is 3.24. The van der Waals surface area contributed by atoms with Gasteiger partial charge in [0, 0.05) is 17.3 Å². The summed E-state index contributed by atoms with van der Waals surface area (Å²) >= 11 is 4.85. The SMILES string of the molecule is CC(C)Nc1ccc(C(N)=S)cc1. The van der Waals surface area contributed by atoms with Crippen LogP contribution >= 0.6 is 12.2 Å². The minimum atomic E-state index is 0.440.